The molecule has 0 spiro atoms. The average Bonchev–Trinajstić information content (AvgIpc) is 2.97. The molecular weight excluding hydrogens is 409 g/mol. The van der Waals surface area contributed by atoms with Crippen LogP contribution in [0, 0.1) is 0 Å². The summed E-state index contributed by atoms with van der Waals surface area (Å²) in [4.78, 5) is 27.9. The Morgan fingerprint density at radius 2 is 1.74 bits per heavy atom. The van der Waals surface area contributed by atoms with Crippen molar-refractivity contribution in [1.82, 2.24) is 9.80 Å². The number of ketones is 1. The summed E-state index contributed by atoms with van der Waals surface area (Å²) >= 11 is 0. The summed E-state index contributed by atoms with van der Waals surface area (Å²) in [7, 11) is 0. The molecular formula is C23H25F3N2O3. The second-order valence-corrected chi connectivity index (χ2v) is 7.58. The predicted octanol–water partition coefficient (Wildman–Crippen LogP) is 4.02. The number of carbonyl (C=O) groups excluding carboxylic acids is 2. The lowest BCUT2D eigenvalue weighted by molar-refractivity contribution is -0.137. The van der Waals surface area contributed by atoms with Crippen molar-refractivity contribution in [2.45, 2.75) is 26.1 Å². The first-order valence-corrected chi connectivity index (χ1v) is 10.1. The molecule has 0 radical (unpaired) electrons. The van der Waals surface area contributed by atoms with Crippen molar-refractivity contribution < 1.29 is 27.5 Å². The van der Waals surface area contributed by atoms with E-state index in [1.165, 1.54) is 19.1 Å². The number of halogens is 3. The van der Waals surface area contributed by atoms with Crippen molar-refractivity contribution in [1.29, 1.82) is 0 Å². The van der Waals surface area contributed by atoms with Gasteiger partial charge in [0, 0.05) is 38.3 Å². The smallest absolute Gasteiger partial charge is 0.416 e. The highest BCUT2D eigenvalue weighted by Crippen LogP contribution is 2.29. The topological polar surface area (TPSA) is 49.9 Å². The van der Waals surface area contributed by atoms with Gasteiger partial charge < -0.3 is 9.64 Å². The molecule has 0 N–H and O–H groups in total. The Hall–Kier alpha value is -2.87. The predicted molar refractivity (Wildman–Crippen MR) is 110 cm³/mol. The van der Waals surface area contributed by atoms with Crippen molar-refractivity contribution in [3.63, 3.8) is 0 Å². The first-order valence-electron chi connectivity index (χ1n) is 10.1. The van der Waals surface area contributed by atoms with Gasteiger partial charge >= 0.3 is 6.18 Å². The number of rotatable bonds is 6. The normalized spacial score (nSPS) is 15.4. The van der Waals surface area contributed by atoms with E-state index < -0.39 is 11.7 Å². The minimum atomic E-state index is -4.34. The van der Waals surface area contributed by atoms with Gasteiger partial charge in [0.1, 0.15) is 5.75 Å². The highest BCUT2D eigenvalue weighted by molar-refractivity contribution is 5.94. The number of nitrogens with zero attached hydrogens (tertiary/aromatic N) is 2. The van der Waals surface area contributed by atoms with Crippen LogP contribution in [0.1, 0.15) is 34.8 Å². The second-order valence-electron chi connectivity index (χ2n) is 7.58. The Bertz CT molecular complexity index is 913. The van der Waals surface area contributed by atoms with Gasteiger partial charge in [0.15, 0.2) is 12.4 Å². The van der Waals surface area contributed by atoms with E-state index in [2.05, 4.69) is 4.90 Å². The first kappa shape index (κ1) is 22.8. The minimum Gasteiger partial charge on any atom is -0.484 e. The molecule has 1 fully saturated rings. The minimum absolute atomic E-state index is 0.0718. The van der Waals surface area contributed by atoms with E-state index >= 15 is 0 Å². The van der Waals surface area contributed by atoms with Crippen LogP contribution < -0.4 is 4.74 Å². The van der Waals surface area contributed by atoms with Crippen LogP contribution in [-0.4, -0.2) is 54.3 Å². The zero-order valence-electron chi connectivity index (χ0n) is 17.3. The molecule has 1 saturated heterocycles. The van der Waals surface area contributed by atoms with Crippen LogP contribution >= 0.6 is 0 Å². The molecule has 166 valence electrons. The van der Waals surface area contributed by atoms with Crippen molar-refractivity contribution in [3.05, 3.63) is 65.2 Å². The van der Waals surface area contributed by atoms with E-state index in [9.17, 15) is 22.8 Å². The molecule has 1 amide bonds. The summed E-state index contributed by atoms with van der Waals surface area (Å²) in [5, 5.41) is 0. The molecule has 1 aliphatic heterocycles. The largest absolute Gasteiger partial charge is 0.484 e. The quantitative estimate of drug-likeness (QED) is 0.645. The van der Waals surface area contributed by atoms with Gasteiger partial charge in [-0.05, 0) is 43.2 Å². The lowest BCUT2D eigenvalue weighted by Crippen LogP contribution is -2.38. The van der Waals surface area contributed by atoms with Crippen LogP contribution in [0.2, 0.25) is 0 Å². The van der Waals surface area contributed by atoms with E-state index in [0.29, 0.717) is 37.5 Å². The summed E-state index contributed by atoms with van der Waals surface area (Å²) < 4.78 is 43.7. The molecule has 0 saturated carbocycles. The van der Waals surface area contributed by atoms with Gasteiger partial charge in [0.05, 0.1) is 5.56 Å². The zero-order valence-corrected chi connectivity index (χ0v) is 17.3. The van der Waals surface area contributed by atoms with Crippen molar-refractivity contribution in [3.8, 4) is 5.75 Å². The van der Waals surface area contributed by atoms with Crippen LogP contribution in [0.4, 0.5) is 13.2 Å². The summed E-state index contributed by atoms with van der Waals surface area (Å²) in [5.41, 5.74) is 0.679. The maximum Gasteiger partial charge on any atom is 0.416 e. The Morgan fingerprint density at radius 3 is 2.42 bits per heavy atom. The number of Topliss-reactive ketones (excluding diaryl/α,β-unsaturated/α-hetero) is 1. The van der Waals surface area contributed by atoms with E-state index in [1.54, 1.807) is 29.2 Å². The monoisotopic (exact) mass is 434 g/mol. The average molecular weight is 434 g/mol. The van der Waals surface area contributed by atoms with Gasteiger partial charge in [-0.25, -0.2) is 0 Å². The summed E-state index contributed by atoms with van der Waals surface area (Å²) in [6.45, 7) is 4.40. The van der Waals surface area contributed by atoms with Gasteiger partial charge in [-0.15, -0.1) is 0 Å². The maximum absolute atomic E-state index is 12.7. The molecule has 31 heavy (non-hydrogen) atoms. The number of hydrogen-bond donors (Lipinski definition) is 0. The summed E-state index contributed by atoms with van der Waals surface area (Å²) in [5.74, 6) is 0.266. The van der Waals surface area contributed by atoms with E-state index in [1.807, 2.05) is 0 Å². The fourth-order valence-corrected chi connectivity index (χ4v) is 3.48. The van der Waals surface area contributed by atoms with Gasteiger partial charge in [-0.3, -0.25) is 14.5 Å². The summed E-state index contributed by atoms with van der Waals surface area (Å²) in [6.07, 6.45) is -3.57. The highest BCUT2D eigenvalue weighted by atomic mass is 19.4. The molecule has 2 aromatic carbocycles. The van der Waals surface area contributed by atoms with Crippen LogP contribution in [0.15, 0.2) is 48.5 Å². The van der Waals surface area contributed by atoms with E-state index in [0.717, 1.165) is 30.7 Å². The highest BCUT2D eigenvalue weighted by Gasteiger charge is 2.30. The van der Waals surface area contributed by atoms with Gasteiger partial charge in [-0.1, -0.05) is 24.3 Å². The van der Waals surface area contributed by atoms with Crippen LogP contribution in [0.25, 0.3) is 0 Å². The van der Waals surface area contributed by atoms with Crippen molar-refractivity contribution in [2.75, 3.05) is 32.8 Å². The maximum atomic E-state index is 12.7. The van der Waals surface area contributed by atoms with Crippen molar-refractivity contribution >= 4 is 11.7 Å². The molecule has 8 heteroatoms. The van der Waals surface area contributed by atoms with Crippen LogP contribution in [0.5, 0.6) is 5.75 Å². The third kappa shape index (κ3) is 6.55. The SMILES string of the molecule is CC(=O)c1cccc(OCC(=O)N2CCCN(Cc3ccc(C(F)(F)F)cc3)CC2)c1. The Balaban J connectivity index is 1.49. The fourth-order valence-electron chi connectivity index (χ4n) is 3.48. The van der Waals surface area contributed by atoms with E-state index in [-0.39, 0.29) is 18.3 Å². The Morgan fingerprint density at radius 1 is 1.00 bits per heavy atom. The number of ether oxygens (including phenoxy) is 1. The molecule has 0 atom stereocenters. The molecule has 3 rings (SSSR count). The molecule has 0 aromatic heterocycles. The third-order valence-electron chi connectivity index (χ3n) is 5.23. The summed E-state index contributed by atoms with van der Waals surface area (Å²) in [6, 6.07) is 11.9. The van der Waals surface area contributed by atoms with Crippen LogP contribution in [0.3, 0.4) is 0 Å². The van der Waals surface area contributed by atoms with E-state index in [4.69, 9.17) is 4.74 Å². The molecule has 0 unspecified atom stereocenters. The Labute approximate surface area is 179 Å². The standard InChI is InChI=1S/C23H25F3N2O3/c1-17(29)19-4-2-5-21(14-19)31-16-22(30)28-11-3-10-27(12-13-28)15-18-6-8-20(9-7-18)23(24,25)26/h2,4-9,14H,3,10-13,15-16H2,1H3. The molecule has 5 nitrogen and oxygen atoms in total. The molecule has 1 heterocycles. The number of hydrogen-bond acceptors (Lipinski definition) is 4. The van der Waals surface area contributed by atoms with Crippen LogP contribution in [-0.2, 0) is 17.5 Å². The van der Waals surface area contributed by atoms with Gasteiger partial charge in [0.2, 0.25) is 0 Å². The van der Waals surface area contributed by atoms with Crippen molar-refractivity contribution in [2.24, 2.45) is 0 Å². The number of carbonyl (C=O) groups is 2. The Kier molecular flexibility index (Phi) is 7.33. The van der Waals surface area contributed by atoms with Gasteiger partial charge in [-0.2, -0.15) is 13.2 Å². The molecule has 0 aliphatic carbocycles. The lowest BCUT2D eigenvalue weighted by atomic mass is 10.1. The number of benzene rings is 2. The first-order chi connectivity index (χ1) is 14.7. The molecule has 2 aromatic rings. The lowest BCUT2D eigenvalue weighted by Gasteiger charge is -2.22. The number of alkyl halides is 3. The fraction of sp³-hybridized carbons (Fsp3) is 0.391. The zero-order chi connectivity index (χ0) is 22.4. The van der Waals surface area contributed by atoms with Gasteiger partial charge in [0.25, 0.3) is 5.91 Å². The second kappa shape index (κ2) is 9.96. The molecule has 0 bridgehead atoms. The molecule has 1 aliphatic rings. The number of amides is 1. The third-order valence-corrected chi connectivity index (χ3v) is 5.23.